The van der Waals surface area contributed by atoms with Crippen molar-refractivity contribution in [1.29, 1.82) is 0 Å². The molecule has 1 rings (SSSR count). The van der Waals surface area contributed by atoms with Gasteiger partial charge in [-0.25, -0.2) is 0 Å². The van der Waals surface area contributed by atoms with E-state index in [1.54, 1.807) is 0 Å². The SMILES string of the molecule is CC(C)Cn1cc(CCCC[O-])nn1.[K+]. The molecule has 80 valence electrons. The smallest absolute Gasteiger partial charge is 0.854 e. The predicted molar refractivity (Wildman–Crippen MR) is 52.7 cm³/mol. The van der Waals surface area contributed by atoms with Crippen molar-refractivity contribution in [2.75, 3.05) is 6.61 Å². The van der Waals surface area contributed by atoms with Crippen LogP contribution in [0.5, 0.6) is 0 Å². The Balaban J connectivity index is 0.00000196. The number of aryl methyl sites for hydroxylation is 1. The maximum absolute atomic E-state index is 10.2. The zero-order valence-electron chi connectivity index (χ0n) is 9.94. The summed E-state index contributed by atoms with van der Waals surface area (Å²) in [6, 6.07) is 0. The van der Waals surface area contributed by atoms with Crippen molar-refractivity contribution in [2.45, 2.75) is 39.7 Å². The molecule has 1 aromatic rings. The van der Waals surface area contributed by atoms with Crippen LogP contribution in [-0.2, 0) is 13.0 Å². The van der Waals surface area contributed by atoms with Crippen LogP contribution in [0.4, 0.5) is 0 Å². The van der Waals surface area contributed by atoms with E-state index in [4.69, 9.17) is 0 Å². The Morgan fingerprint density at radius 2 is 2.13 bits per heavy atom. The Morgan fingerprint density at radius 3 is 2.73 bits per heavy atom. The van der Waals surface area contributed by atoms with Crippen LogP contribution in [0.2, 0.25) is 0 Å². The van der Waals surface area contributed by atoms with Crippen LogP contribution in [0.1, 0.15) is 32.4 Å². The summed E-state index contributed by atoms with van der Waals surface area (Å²) < 4.78 is 1.87. The standard InChI is InChI=1S/C10H18N3O.K/c1-9(2)7-13-8-10(11-12-13)5-3-4-6-14;/h8-9H,3-7H2,1-2H3;/q-1;+1. The van der Waals surface area contributed by atoms with Crippen LogP contribution < -0.4 is 56.5 Å². The molecule has 0 saturated carbocycles. The van der Waals surface area contributed by atoms with Gasteiger partial charge in [0.05, 0.1) is 5.69 Å². The van der Waals surface area contributed by atoms with Crippen LogP contribution in [0.3, 0.4) is 0 Å². The molecular formula is C10H18KN3O. The van der Waals surface area contributed by atoms with Crippen LogP contribution in [0.15, 0.2) is 6.20 Å². The Hall–Kier alpha value is 0.736. The number of hydrogen-bond acceptors (Lipinski definition) is 3. The molecule has 0 bridgehead atoms. The minimum atomic E-state index is 0. The molecule has 0 aliphatic rings. The summed E-state index contributed by atoms with van der Waals surface area (Å²) in [5.74, 6) is 0.589. The van der Waals surface area contributed by atoms with Gasteiger partial charge in [0.25, 0.3) is 0 Å². The Kier molecular flexibility index (Phi) is 9.27. The van der Waals surface area contributed by atoms with E-state index in [0.29, 0.717) is 5.92 Å². The number of rotatable bonds is 6. The molecule has 4 nitrogen and oxygen atoms in total. The second-order valence-corrected chi connectivity index (χ2v) is 3.99. The molecule has 5 heteroatoms. The third-order valence-corrected chi connectivity index (χ3v) is 1.97. The van der Waals surface area contributed by atoms with Gasteiger partial charge < -0.3 is 5.11 Å². The molecule has 0 aromatic carbocycles. The summed E-state index contributed by atoms with van der Waals surface area (Å²) in [5.41, 5.74) is 0.999. The molecule has 0 fully saturated rings. The van der Waals surface area contributed by atoms with Crippen molar-refractivity contribution >= 4 is 0 Å². The molecule has 0 radical (unpaired) electrons. The number of aromatic nitrogens is 3. The molecule has 15 heavy (non-hydrogen) atoms. The van der Waals surface area contributed by atoms with Crippen LogP contribution in [0, 0.1) is 5.92 Å². The molecule has 1 heterocycles. The quantitative estimate of drug-likeness (QED) is 0.409. The number of unbranched alkanes of at least 4 members (excludes halogenated alkanes) is 1. The topological polar surface area (TPSA) is 53.8 Å². The van der Waals surface area contributed by atoms with Crippen molar-refractivity contribution in [2.24, 2.45) is 5.92 Å². The van der Waals surface area contributed by atoms with E-state index in [1.807, 2.05) is 10.9 Å². The van der Waals surface area contributed by atoms with Gasteiger partial charge in [-0.3, -0.25) is 4.68 Å². The maximum atomic E-state index is 10.2. The molecule has 1 aromatic heterocycles. The fourth-order valence-corrected chi connectivity index (χ4v) is 1.32. The monoisotopic (exact) mass is 235 g/mol. The summed E-state index contributed by atoms with van der Waals surface area (Å²) >= 11 is 0. The van der Waals surface area contributed by atoms with Crippen molar-refractivity contribution < 1.29 is 56.5 Å². The molecule has 0 N–H and O–H groups in total. The normalized spacial score (nSPS) is 10.4. The largest absolute Gasteiger partial charge is 1.00 e. The van der Waals surface area contributed by atoms with E-state index in [1.165, 1.54) is 0 Å². The molecule has 0 unspecified atom stereocenters. The van der Waals surface area contributed by atoms with Crippen LogP contribution >= 0.6 is 0 Å². The molecule has 0 saturated heterocycles. The van der Waals surface area contributed by atoms with E-state index < -0.39 is 0 Å². The predicted octanol–water partition coefficient (Wildman–Crippen LogP) is -2.38. The third-order valence-electron chi connectivity index (χ3n) is 1.97. The summed E-state index contributed by atoms with van der Waals surface area (Å²) in [7, 11) is 0. The summed E-state index contributed by atoms with van der Waals surface area (Å²) in [6.07, 6.45) is 4.51. The molecule has 0 aliphatic carbocycles. The Labute approximate surface area is 134 Å². The summed E-state index contributed by atoms with van der Waals surface area (Å²) in [6.45, 7) is 5.23. The minimum absolute atomic E-state index is 0. The molecule has 0 aliphatic heterocycles. The van der Waals surface area contributed by atoms with Crippen LogP contribution in [-0.4, -0.2) is 21.6 Å². The average Bonchev–Trinajstić information content (AvgIpc) is 2.52. The first-order chi connectivity index (χ1) is 6.72. The van der Waals surface area contributed by atoms with Gasteiger partial charge in [0.15, 0.2) is 0 Å². The van der Waals surface area contributed by atoms with Gasteiger partial charge in [-0.1, -0.05) is 25.5 Å². The van der Waals surface area contributed by atoms with Gasteiger partial charge in [-0.15, -0.1) is 11.7 Å². The van der Waals surface area contributed by atoms with Crippen molar-refractivity contribution in [3.8, 4) is 0 Å². The van der Waals surface area contributed by atoms with E-state index in [-0.39, 0.29) is 58.0 Å². The maximum Gasteiger partial charge on any atom is 1.00 e. The third kappa shape index (κ3) is 6.81. The Morgan fingerprint density at radius 1 is 1.40 bits per heavy atom. The average molecular weight is 235 g/mol. The van der Waals surface area contributed by atoms with E-state index in [9.17, 15) is 5.11 Å². The van der Waals surface area contributed by atoms with Gasteiger partial charge >= 0.3 is 51.4 Å². The van der Waals surface area contributed by atoms with Gasteiger partial charge in [-0.05, 0) is 18.8 Å². The first-order valence-corrected chi connectivity index (χ1v) is 5.19. The van der Waals surface area contributed by atoms with Gasteiger partial charge in [-0.2, -0.15) is 0 Å². The second-order valence-electron chi connectivity index (χ2n) is 3.99. The van der Waals surface area contributed by atoms with Gasteiger partial charge in [0.2, 0.25) is 0 Å². The zero-order chi connectivity index (χ0) is 10.4. The summed E-state index contributed by atoms with van der Waals surface area (Å²) in [4.78, 5) is 0. The van der Waals surface area contributed by atoms with Crippen LogP contribution in [0.25, 0.3) is 0 Å². The number of hydrogen-bond donors (Lipinski definition) is 0. The van der Waals surface area contributed by atoms with E-state index >= 15 is 0 Å². The molecular weight excluding hydrogens is 217 g/mol. The van der Waals surface area contributed by atoms with Crippen molar-refractivity contribution in [1.82, 2.24) is 15.0 Å². The fourth-order valence-electron chi connectivity index (χ4n) is 1.32. The van der Waals surface area contributed by atoms with Crippen molar-refractivity contribution in [3.63, 3.8) is 0 Å². The summed E-state index contributed by atoms with van der Waals surface area (Å²) in [5, 5.41) is 18.3. The first-order valence-electron chi connectivity index (χ1n) is 5.19. The minimum Gasteiger partial charge on any atom is -0.854 e. The number of nitrogens with zero attached hydrogens (tertiary/aromatic N) is 3. The van der Waals surface area contributed by atoms with Gasteiger partial charge in [0, 0.05) is 12.7 Å². The first kappa shape index (κ1) is 15.7. The second kappa shape index (κ2) is 8.84. The molecule has 0 atom stereocenters. The fraction of sp³-hybridized carbons (Fsp3) is 0.800. The van der Waals surface area contributed by atoms with E-state index in [0.717, 1.165) is 31.5 Å². The van der Waals surface area contributed by atoms with E-state index in [2.05, 4.69) is 24.2 Å². The molecule has 0 spiro atoms. The van der Waals surface area contributed by atoms with Crippen molar-refractivity contribution in [3.05, 3.63) is 11.9 Å². The Bertz CT molecular complexity index is 263. The van der Waals surface area contributed by atoms with Gasteiger partial charge in [0.1, 0.15) is 0 Å². The molecule has 0 amide bonds. The zero-order valence-corrected chi connectivity index (χ0v) is 13.1.